The third-order valence-corrected chi connectivity index (χ3v) is 10.5. The molecule has 1 aliphatic heterocycles. The maximum Gasteiger partial charge on any atom is 0.101 e. The molecule has 7 aromatic carbocycles. The van der Waals surface area contributed by atoms with Crippen molar-refractivity contribution in [3.63, 3.8) is 0 Å². The summed E-state index contributed by atoms with van der Waals surface area (Å²) in [5.41, 5.74) is 13.3. The number of nitriles is 2. The van der Waals surface area contributed by atoms with Gasteiger partial charge in [-0.25, -0.2) is 0 Å². The summed E-state index contributed by atoms with van der Waals surface area (Å²) in [6.45, 7) is 4.61. The average molecular weight is 653 g/mol. The van der Waals surface area contributed by atoms with Gasteiger partial charge in [0.25, 0.3) is 0 Å². The van der Waals surface area contributed by atoms with E-state index in [0.29, 0.717) is 11.1 Å². The van der Waals surface area contributed by atoms with Gasteiger partial charge in [0.05, 0.1) is 33.5 Å². The molecule has 1 aromatic heterocycles. The first-order chi connectivity index (χ1) is 25.0. The second-order valence-corrected chi connectivity index (χ2v) is 13.6. The van der Waals surface area contributed by atoms with Crippen molar-refractivity contribution in [1.82, 2.24) is 4.57 Å². The van der Waals surface area contributed by atoms with Gasteiger partial charge < -0.3 is 9.47 Å². The maximum absolute atomic E-state index is 10.3. The Labute approximate surface area is 297 Å². The van der Waals surface area contributed by atoms with Crippen LogP contribution in [0.4, 0.5) is 17.1 Å². The smallest absolute Gasteiger partial charge is 0.101 e. The van der Waals surface area contributed by atoms with Gasteiger partial charge in [0.2, 0.25) is 0 Å². The molecule has 0 bridgehead atoms. The Kier molecular flexibility index (Phi) is 6.88. The van der Waals surface area contributed by atoms with E-state index < -0.39 is 0 Å². The average Bonchev–Trinajstić information content (AvgIpc) is 3.52. The van der Waals surface area contributed by atoms with Crippen LogP contribution in [0.15, 0.2) is 158 Å². The SMILES string of the molecule is CC1(C)c2ccccc2N(c2cc(-c3ccccc3-c3cccc(C#N)c3C#N)cc(-n3c4ccccc4c4ccccc43)c2)c2ccccc21. The molecule has 8 aromatic rings. The first kappa shape index (κ1) is 30.2. The summed E-state index contributed by atoms with van der Waals surface area (Å²) < 4.78 is 2.36. The topological polar surface area (TPSA) is 55.8 Å². The Morgan fingerprint density at radius 2 is 1.02 bits per heavy atom. The standard InChI is InChI=1S/C47H32N4/c1-47(2)41-20-7-11-24-45(41)51(46-25-12-8-21-42(46)47)34-27-32(35-15-3-4-16-36(35)37-19-13-14-31(29-48)40(37)30-49)26-33(28-34)50-43-22-9-5-17-38(43)39-18-6-10-23-44(39)50/h3-28H,1-2H3. The quantitative estimate of drug-likeness (QED) is 0.190. The van der Waals surface area contributed by atoms with Crippen molar-refractivity contribution < 1.29 is 0 Å². The minimum Gasteiger partial charge on any atom is -0.310 e. The van der Waals surface area contributed by atoms with E-state index in [-0.39, 0.29) is 5.41 Å². The van der Waals surface area contributed by atoms with Gasteiger partial charge in [-0.1, -0.05) is 123 Å². The highest BCUT2D eigenvalue weighted by molar-refractivity contribution is 6.09. The van der Waals surface area contributed by atoms with Crippen LogP contribution in [0.3, 0.4) is 0 Å². The molecule has 9 rings (SSSR count). The third kappa shape index (κ3) is 4.58. The Balaban J connectivity index is 1.38. The molecule has 2 heterocycles. The lowest BCUT2D eigenvalue weighted by molar-refractivity contribution is 0.632. The van der Waals surface area contributed by atoms with Crippen LogP contribution < -0.4 is 4.90 Å². The number of aromatic nitrogens is 1. The highest BCUT2D eigenvalue weighted by atomic mass is 15.2. The van der Waals surface area contributed by atoms with E-state index in [1.165, 1.54) is 21.9 Å². The normalized spacial score (nSPS) is 13.0. The lowest BCUT2D eigenvalue weighted by Gasteiger charge is -2.42. The van der Waals surface area contributed by atoms with Crippen molar-refractivity contribution in [2.24, 2.45) is 0 Å². The molecule has 1 aliphatic rings. The summed E-state index contributed by atoms with van der Waals surface area (Å²) >= 11 is 0. The molecular formula is C47H32N4. The van der Waals surface area contributed by atoms with E-state index in [2.05, 4.69) is 157 Å². The van der Waals surface area contributed by atoms with Crippen molar-refractivity contribution in [2.75, 3.05) is 4.90 Å². The van der Waals surface area contributed by atoms with E-state index in [9.17, 15) is 10.5 Å². The van der Waals surface area contributed by atoms with E-state index in [1.807, 2.05) is 30.3 Å². The van der Waals surface area contributed by atoms with Gasteiger partial charge in [0, 0.05) is 33.1 Å². The van der Waals surface area contributed by atoms with Crippen LogP contribution in [0.1, 0.15) is 36.1 Å². The Morgan fingerprint density at radius 3 is 1.65 bits per heavy atom. The van der Waals surface area contributed by atoms with Crippen LogP contribution in [-0.2, 0) is 5.41 Å². The van der Waals surface area contributed by atoms with Gasteiger partial charge in [0.15, 0.2) is 0 Å². The van der Waals surface area contributed by atoms with E-state index >= 15 is 0 Å². The number of benzene rings is 7. The molecule has 51 heavy (non-hydrogen) atoms. The van der Waals surface area contributed by atoms with Gasteiger partial charge in [-0.05, 0) is 76.3 Å². The molecule has 4 heteroatoms. The summed E-state index contributed by atoms with van der Waals surface area (Å²) in [7, 11) is 0. The lowest BCUT2D eigenvalue weighted by Crippen LogP contribution is -2.30. The van der Waals surface area contributed by atoms with Gasteiger partial charge in [-0.15, -0.1) is 0 Å². The fourth-order valence-electron chi connectivity index (χ4n) is 8.12. The monoisotopic (exact) mass is 652 g/mol. The van der Waals surface area contributed by atoms with Crippen LogP contribution in [0.5, 0.6) is 0 Å². The number of nitrogens with zero attached hydrogens (tertiary/aromatic N) is 4. The van der Waals surface area contributed by atoms with E-state index in [1.54, 1.807) is 6.07 Å². The third-order valence-electron chi connectivity index (χ3n) is 10.5. The van der Waals surface area contributed by atoms with Crippen molar-refractivity contribution in [2.45, 2.75) is 19.3 Å². The minimum atomic E-state index is -0.191. The van der Waals surface area contributed by atoms with Gasteiger partial charge in [-0.3, -0.25) is 0 Å². The molecule has 0 amide bonds. The van der Waals surface area contributed by atoms with E-state index in [4.69, 9.17) is 0 Å². The molecule has 0 atom stereocenters. The number of anilines is 3. The van der Waals surface area contributed by atoms with E-state index in [0.717, 1.165) is 56.0 Å². The van der Waals surface area contributed by atoms with Crippen LogP contribution in [0, 0.1) is 22.7 Å². The first-order valence-electron chi connectivity index (χ1n) is 17.2. The van der Waals surface area contributed by atoms with Gasteiger partial charge in [0.1, 0.15) is 12.1 Å². The minimum absolute atomic E-state index is 0.191. The Morgan fingerprint density at radius 1 is 0.490 bits per heavy atom. The molecule has 0 saturated heterocycles. The Bertz CT molecular complexity index is 2670. The summed E-state index contributed by atoms with van der Waals surface area (Å²) in [6.07, 6.45) is 0. The molecular weight excluding hydrogens is 621 g/mol. The molecule has 240 valence electrons. The van der Waals surface area contributed by atoms with Gasteiger partial charge in [-0.2, -0.15) is 10.5 Å². The van der Waals surface area contributed by atoms with Crippen LogP contribution >= 0.6 is 0 Å². The summed E-state index contributed by atoms with van der Waals surface area (Å²) in [6, 6.07) is 59.7. The molecule has 0 N–H and O–H groups in total. The second-order valence-electron chi connectivity index (χ2n) is 13.6. The second kappa shape index (κ2) is 11.6. The van der Waals surface area contributed by atoms with Gasteiger partial charge >= 0.3 is 0 Å². The molecule has 0 unspecified atom stereocenters. The molecule has 0 radical (unpaired) electrons. The zero-order valence-electron chi connectivity index (χ0n) is 28.3. The van der Waals surface area contributed by atoms with Crippen LogP contribution in [-0.4, -0.2) is 4.57 Å². The molecule has 0 aliphatic carbocycles. The van der Waals surface area contributed by atoms with Crippen molar-refractivity contribution in [1.29, 1.82) is 10.5 Å². The zero-order chi connectivity index (χ0) is 34.7. The molecule has 0 saturated carbocycles. The number of fused-ring (bicyclic) bond motifs is 5. The summed E-state index contributed by atoms with van der Waals surface area (Å²) in [5, 5.41) is 22.5. The number of rotatable bonds is 4. The largest absolute Gasteiger partial charge is 0.310 e. The fraction of sp³-hybridized carbons (Fsp3) is 0.0638. The van der Waals surface area contributed by atoms with Crippen LogP contribution in [0.25, 0.3) is 49.7 Å². The first-order valence-corrected chi connectivity index (χ1v) is 17.2. The zero-order valence-corrected chi connectivity index (χ0v) is 28.3. The number of para-hydroxylation sites is 4. The number of hydrogen-bond acceptors (Lipinski definition) is 3. The maximum atomic E-state index is 10.3. The summed E-state index contributed by atoms with van der Waals surface area (Å²) in [4.78, 5) is 2.40. The summed E-state index contributed by atoms with van der Waals surface area (Å²) in [5.74, 6) is 0. The van der Waals surface area contributed by atoms with Crippen molar-refractivity contribution >= 4 is 38.9 Å². The predicted molar refractivity (Wildman–Crippen MR) is 208 cm³/mol. The number of hydrogen-bond donors (Lipinski definition) is 0. The van der Waals surface area contributed by atoms with Crippen molar-refractivity contribution in [3.8, 4) is 40.1 Å². The van der Waals surface area contributed by atoms with Crippen LogP contribution in [0.2, 0.25) is 0 Å². The molecule has 0 fully saturated rings. The Hall–Kier alpha value is -6.88. The van der Waals surface area contributed by atoms with Crippen molar-refractivity contribution in [3.05, 3.63) is 180 Å². The predicted octanol–water partition coefficient (Wildman–Crippen LogP) is 12.0. The molecule has 0 spiro atoms. The lowest BCUT2D eigenvalue weighted by atomic mass is 9.73. The highest BCUT2D eigenvalue weighted by Gasteiger charge is 2.36. The fourth-order valence-corrected chi connectivity index (χ4v) is 8.12. The highest BCUT2D eigenvalue weighted by Crippen LogP contribution is 2.52. The molecule has 4 nitrogen and oxygen atoms in total.